The van der Waals surface area contributed by atoms with Crippen LogP contribution in [0.25, 0.3) is 0 Å². The molecule has 0 saturated heterocycles. The standard InChI is InChI=1S/C12H17Cl2NO/c1-2-5-15(6-7-16)9-10-3-4-11(13)8-12(10)14/h3-4,8,16H,2,5-7,9H2,1H3/p+1. The summed E-state index contributed by atoms with van der Waals surface area (Å²) < 4.78 is 0. The van der Waals surface area contributed by atoms with Gasteiger partial charge in [-0.1, -0.05) is 36.2 Å². The first-order valence-electron chi connectivity index (χ1n) is 5.55. The maximum absolute atomic E-state index is 8.98. The number of aliphatic hydroxyl groups excluding tert-OH is 1. The first kappa shape index (κ1) is 13.8. The molecule has 0 aromatic heterocycles. The van der Waals surface area contributed by atoms with Crippen molar-refractivity contribution >= 4 is 23.2 Å². The van der Waals surface area contributed by atoms with Crippen LogP contribution in [0.2, 0.25) is 10.0 Å². The van der Waals surface area contributed by atoms with Crippen LogP contribution < -0.4 is 4.90 Å². The molecule has 0 aliphatic heterocycles. The Morgan fingerprint density at radius 2 is 2.00 bits per heavy atom. The summed E-state index contributed by atoms with van der Waals surface area (Å²) >= 11 is 12.0. The number of hydrogen-bond donors (Lipinski definition) is 2. The monoisotopic (exact) mass is 262 g/mol. The average Bonchev–Trinajstić information content (AvgIpc) is 2.23. The number of rotatable bonds is 6. The fraction of sp³-hybridized carbons (Fsp3) is 0.500. The number of benzene rings is 1. The topological polar surface area (TPSA) is 24.7 Å². The van der Waals surface area contributed by atoms with Crippen LogP contribution in [0.15, 0.2) is 18.2 Å². The van der Waals surface area contributed by atoms with E-state index in [9.17, 15) is 0 Å². The lowest BCUT2D eigenvalue weighted by Gasteiger charge is -2.18. The second-order valence-electron chi connectivity index (χ2n) is 3.89. The third kappa shape index (κ3) is 4.30. The van der Waals surface area contributed by atoms with E-state index in [2.05, 4.69) is 6.92 Å². The van der Waals surface area contributed by atoms with E-state index in [0.29, 0.717) is 10.0 Å². The number of quaternary nitrogens is 1. The summed E-state index contributed by atoms with van der Waals surface area (Å²) in [6, 6.07) is 5.57. The molecule has 1 unspecified atom stereocenters. The van der Waals surface area contributed by atoms with Crippen LogP contribution in [0.3, 0.4) is 0 Å². The van der Waals surface area contributed by atoms with Crippen molar-refractivity contribution in [3.8, 4) is 0 Å². The van der Waals surface area contributed by atoms with Gasteiger partial charge in [0.15, 0.2) is 0 Å². The van der Waals surface area contributed by atoms with Gasteiger partial charge >= 0.3 is 0 Å². The highest BCUT2D eigenvalue weighted by Gasteiger charge is 2.10. The van der Waals surface area contributed by atoms with Crippen molar-refractivity contribution < 1.29 is 10.0 Å². The van der Waals surface area contributed by atoms with E-state index in [4.69, 9.17) is 28.3 Å². The molecule has 1 atom stereocenters. The van der Waals surface area contributed by atoms with Crippen molar-refractivity contribution in [1.82, 2.24) is 0 Å². The SMILES string of the molecule is CCC[NH+](CCO)Cc1ccc(Cl)cc1Cl. The molecule has 16 heavy (non-hydrogen) atoms. The van der Waals surface area contributed by atoms with Gasteiger partial charge in [0.2, 0.25) is 0 Å². The molecule has 0 aliphatic rings. The average molecular weight is 263 g/mol. The van der Waals surface area contributed by atoms with Gasteiger partial charge in [-0.2, -0.15) is 0 Å². The Kier molecular flexibility index (Phi) is 6.14. The summed E-state index contributed by atoms with van der Waals surface area (Å²) in [5.41, 5.74) is 1.09. The van der Waals surface area contributed by atoms with E-state index in [0.717, 1.165) is 31.6 Å². The largest absolute Gasteiger partial charge is 0.391 e. The van der Waals surface area contributed by atoms with Gasteiger partial charge in [-0.15, -0.1) is 0 Å². The van der Waals surface area contributed by atoms with E-state index in [1.807, 2.05) is 12.1 Å². The predicted octanol–water partition coefficient (Wildman–Crippen LogP) is 1.78. The molecule has 0 radical (unpaired) electrons. The predicted molar refractivity (Wildman–Crippen MR) is 68.2 cm³/mol. The van der Waals surface area contributed by atoms with Gasteiger partial charge in [0.1, 0.15) is 13.1 Å². The molecular formula is C12H18Cl2NO+. The van der Waals surface area contributed by atoms with Gasteiger partial charge in [-0.25, -0.2) is 0 Å². The zero-order valence-electron chi connectivity index (χ0n) is 9.47. The molecule has 0 heterocycles. The van der Waals surface area contributed by atoms with E-state index < -0.39 is 0 Å². The normalized spacial score (nSPS) is 12.8. The Hall–Kier alpha value is -0.280. The van der Waals surface area contributed by atoms with E-state index >= 15 is 0 Å². The molecule has 0 saturated carbocycles. The number of halogens is 2. The fourth-order valence-electron chi connectivity index (χ4n) is 1.75. The molecule has 2 N–H and O–H groups in total. The lowest BCUT2D eigenvalue weighted by Crippen LogP contribution is -3.11. The molecule has 2 nitrogen and oxygen atoms in total. The van der Waals surface area contributed by atoms with Gasteiger partial charge in [0, 0.05) is 10.6 Å². The molecule has 0 amide bonds. The quantitative estimate of drug-likeness (QED) is 0.803. The van der Waals surface area contributed by atoms with Crippen molar-refractivity contribution in [2.45, 2.75) is 19.9 Å². The van der Waals surface area contributed by atoms with Gasteiger partial charge in [0.05, 0.1) is 18.2 Å². The molecule has 0 bridgehead atoms. The van der Waals surface area contributed by atoms with Gasteiger partial charge < -0.3 is 10.0 Å². The molecule has 90 valence electrons. The number of aliphatic hydroxyl groups is 1. The minimum atomic E-state index is 0.209. The highest BCUT2D eigenvalue weighted by molar-refractivity contribution is 6.35. The molecule has 0 spiro atoms. The van der Waals surface area contributed by atoms with Crippen molar-refractivity contribution in [2.24, 2.45) is 0 Å². The maximum atomic E-state index is 8.98. The summed E-state index contributed by atoms with van der Waals surface area (Å²) in [5, 5.41) is 10.3. The smallest absolute Gasteiger partial charge is 0.104 e. The van der Waals surface area contributed by atoms with Gasteiger partial charge in [-0.05, 0) is 18.6 Å². The highest BCUT2D eigenvalue weighted by Crippen LogP contribution is 2.20. The third-order valence-electron chi connectivity index (χ3n) is 2.52. The van der Waals surface area contributed by atoms with Crippen LogP contribution in [0.5, 0.6) is 0 Å². The molecule has 0 aliphatic carbocycles. The first-order valence-corrected chi connectivity index (χ1v) is 6.31. The van der Waals surface area contributed by atoms with E-state index in [-0.39, 0.29) is 6.61 Å². The van der Waals surface area contributed by atoms with Gasteiger partial charge in [0.25, 0.3) is 0 Å². The Morgan fingerprint density at radius 1 is 1.25 bits per heavy atom. The van der Waals surface area contributed by atoms with E-state index in [1.165, 1.54) is 4.90 Å². The lowest BCUT2D eigenvalue weighted by molar-refractivity contribution is -0.914. The molecule has 0 fully saturated rings. The maximum Gasteiger partial charge on any atom is 0.104 e. The summed E-state index contributed by atoms with van der Waals surface area (Å²) in [4.78, 5) is 1.34. The lowest BCUT2D eigenvalue weighted by atomic mass is 10.2. The van der Waals surface area contributed by atoms with Crippen LogP contribution in [-0.2, 0) is 6.54 Å². The Bertz CT molecular complexity index is 325. The molecule has 1 rings (SSSR count). The van der Waals surface area contributed by atoms with Crippen LogP contribution in [0.1, 0.15) is 18.9 Å². The summed E-state index contributed by atoms with van der Waals surface area (Å²) in [5.74, 6) is 0. The van der Waals surface area contributed by atoms with Crippen molar-refractivity contribution in [3.63, 3.8) is 0 Å². The van der Waals surface area contributed by atoms with Crippen molar-refractivity contribution in [1.29, 1.82) is 0 Å². The van der Waals surface area contributed by atoms with E-state index in [1.54, 1.807) is 6.07 Å². The first-order chi connectivity index (χ1) is 7.67. The number of hydrogen-bond acceptors (Lipinski definition) is 1. The van der Waals surface area contributed by atoms with Gasteiger partial charge in [-0.3, -0.25) is 0 Å². The van der Waals surface area contributed by atoms with Crippen LogP contribution in [0.4, 0.5) is 0 Å². The van der Waals surface area contributed by atoms with Crippen LogP contribution in [-0.4, -0.2) is 24.8 Å². The summed E-state index contributed by atoms with van der Waals surface area (Å²) in [7, 11) is 0. The second-order valence-corrected chi connectivity index (χ2v) is 4.73. The minimum Gasteiger partial charge on any atom is -0.391 e. The van der Waals surface area contributed by atoms with Crippen molar-refractivity contribution in [2.75, 3.05) is 19.7 Å². The third-order valence-corrected chi connectivity index (χ3v) is 3.11. The Labute approximate surface area is 107 Å². The Balaban J connectivity index is 2.68. The summed E-state index contributed by atoms with van der Waals surface area (Å²) in [6.45, 7) is 4.98. The Morgan fingerprint density at radius 3 is 2.56 bits per heavy atom. The zero-order valence-corrected chi connectivity index (χ0v) is 11.0. The second kappa shape index (κ2) is 7.13. The zero-order chi connectivity index (χ0) is 12.0. The van der Waals surface area contributed by atoms with Crippen molar-refractivity contribution in [3.05, 3.63) is 33.8 Å². The molecule has 1 aromatic rings. The molecular weight excluding hydrogens is 245 g/mol. The molecule has 4 heteroatoms. The van der Waals surface area contributed by atoms with Crippen LogP contribution in [0, 0.1) is 0 Å². The number of nitrogens with one attached hydrogen (secondary N) is 1. The minimum absolute atomic E-state index is 0.209. The highest BCUT2D eigenvalue weighted by atomic mass is 35.5. The fourth-order valence-corrected chi connectivity index (χ4v) is 2.22. The summed E-state index contributed by atoms with van der Waals surface area (Å²) in [6.07, 6.45) is 1.10. The van der Waals surface area contributed by atoms with Crippen LogP contribution >= 0.6 is 23.2 Å². The molecule has 1 aromatic carbocycles.